The minimum atomic E-state index is -0.360. The minimum Gasteiger partial charge on any atom is -0.393 e. The molecule has 0 spiro atoms. The van der Waals surface area contributed by atoms with Gasteiger partial charge < -0.3 is 11.5 Å². The molecule has 11 heavy (non-hydrogen) atoms. The van der Waals surface area contributed by atoms with E-state index in [4.69, 9.17) is 23.7 Å². The summed E-state index contributed by atoms with van der Waals surface area (Å²) in [6.07, 6.45) is 0. The summed E-state index contributed by atoms with van der Waals surface area (Å²) in [6.45, 7) is 0. The van der Waals surface area contributed by atoms with E-state index >= 15 is 0 Å². The van der Waals surface area contributed by atoms with E-state index in [1.807, 2.05) is 0 Å². The fraction of sp³-hybridized carbons (Fsp3) is 0.200. The monoisotopic (exact) mass is 172 g/mol. The Kier molecular flexibility index (Phi) is 1.69. The SMILES string of the molecule is Cn1c(=O)[nH]c(N)c(N)c1=S. The average molecular weight is 172 g/mol. The van der Waals surface area contributed by atoms with Crippen molar-refractivity contribution in [3.63, 3.8) is 0 Å². The number of aromatic amines is 1. The molecule has 0 aromatic carbocycles. The van der Waals surface area contributed by atoms with Crippen LogP contribution in [0.4, 0.5) is 11.5 Å². The Morgan fingerprint density at radius 3 is 2.64 bits per heavy atom. The van der Waals surface area contributed by atoms with Gasteiger partial charge in [0, 0.05) is 7.05 Å². The first-order valence-electron chi connectivity index (χ1n) is 2.88. The van der Waals surface area contributed by atoms with Crippen LogP contribution in [0, 0.1) is 4.64 Å². The zero-order valence-electron chi connectivity index (χ0n) is 5.92. The topological polar surface area (TPSA) is 89.8 Å². The summed E-state index contributed by atoms with van der Waals surface area (Å²) in [7, 11) is 1.52. The van der Waals surface area contributed by atoms with E-state index in [1.165, 1.54) is 11.6 Å². The lowest BCUT2D eigenvalue weighted by Gasteiger charge is -2.02. The second kappa shape index (κ2) is 2.39. The van der Waals surface area contributed by atoms with E-state index in [-0.39, 0.29) is 21.8 Å². The molecule has 0 bridgehead atoms. The van der Waals surface area contributed by atoms with Crippen molar-refractivity contribution in [3.05, 3.63) is 15.1 Å². The Bertz CT molecular complexity index is 390. The van der Waals surface area contributed by atoms with Gasteiger partial charge in [0.15, 0.2) is 0 Å². The molecule has 0 unspecified atom stereocenters. The first-order valence-corrected chi connectivity index (χ1v) is 3.29. The summed E-state index contributed by atoms with van der Waals surface area (Å²) in [5.74, 6) is 0.123. The van der Waals surface area contributed by atoms with Gasteiger partial charge in [-0.3, -0.25) is 9.55 Å². The number of nitrogens with two attached hydrogens (primary N) is 2. The first-order chi connectivity index (χ1) is 5.04. The van der Waals surface area contributed by atoms with Crippen LogP contribution in [0.2, 0.25) is 0 Å². The molecule has 0 aliphatic heterocycles. The van der Waals surface area contributed by atoms with Crippen molar-refractivity contribution in [2.45, 2.75) is 0 Å². The minimum absolute atomic E-state index is 0.123. The van der Waals surface area contributed by atoms with E-state index in [0.29, 0.717) is 0 Å². The molecule has 0 aliphatic rings. The lowest BCUT2D eigenvalue weighted by Crippen LogP contribution is -2.23. The molecule has 6 heteroatoms. The highest BCUT2D eigenvalue weighted by molar-refractivity contribution is 7.71. The fourth-order valence-corrected chi connectivity index (χ4v) is 0.847. The smallest absolute Gasteiger partial charge is 0.327 e. The van der Waals surface area contributed by atoms with Gasteiger partial charge in [0.2, 0.25) is 0 Å². The molecule has 0 saturated heterocycles. The number of hydrogen-bond acceptors (Lipinski definition) is 4. The van der Waals surface area contributed by atoms with Crippen LogP contribution in [0.3, 0.4) is 0 Å². The Labute approximate surface area is 67.6 Å². The Morgan fingerprint density at radius 1 is 1.55 bits per heavy atom. The Balaban J connectivity index is 3.74. The number of H-pyrrole nitrogens is 1. The third-order valence-corrected chi connectivity index (χ3v) is 1.87. The number of nitrogens with one attached hydrogen (secondary N) is 1. The lowest BCUT2D eigenvalue weighted by atomic mass is 10.5. The van der Waals surface area contributed by atoms with Crippen LogP contribution in [-0.2, 0) is 7.05 Å². The second-order valence-electron chi connectivity index (χ2n) is 2.12. The summed E-state index contributed by atoms with van der Waals surface area (Å²) >= 11 is 4.81. The molecule has 0 amide bonds. The lowest BCUT2D eigenvalue weighted by molar-refractivity contribution is 0.804. The van der Waals surface area contributed by atoms with Gasteiger partial charge in [-0.15, -0.1) is 0 Å². The van der Waals surface area contributed by atoms with Gasteiger partial charge >= 0.3 is 5.69 Å². The van der Waals surface area contributed by atoms with E-state index < -0.39 is 0 Å². The highest BCUT2D eigenvalue weighted by Crippen LogP contribution is 2.07. The van der Waals surface area contributed by atoms with Crippen molar-refractivity contribution in [1.29, 1.82) is 0 Å². The molecule has 1 rings (SSSR count). The van der Waals surface area contributed by atoms with Gasteiger partial charge in [-0.25, -0.2) is 4.79 Å². The number of anilines is 2. The summed E-state index contributed by atoms with van der Waals surface area (Å²) < 4.78 is 1.48. The van der Waals surface area contributed by atoms with Crippen LogP contribution >= 0.6 is 12.2 Å². The van der Waals surface area contributed by atoms with Crippen LogP contribution in [-0.4, -0.2) is 9.55 Å². The zero-order valence-corrected chi connectivity index (χ0v) is 6.73. The van der Waals surface area contributed by atoms with Crippen molar-refractivity contribution in [2.75, 3.05) is 11.5 Å². The van der Waals surface area contributed by atoms with Crippen molar-refractivity contribution in [3.8, 4) is 0 Å². The molecule has 1 aromatic rings. The normalized spacial score (nSPS) is 9.91. The van der Waals surface area contributed by atoms with Crippen LogP contribution in [0.15, 0.2) is 4.79 Å². The predicted molar refractivity (Wildman–Crippen MR) is 45.7 cm³/mol. The number of nitrogens with zero attached hydrogens (tertiary/aromatic N) is 1. The highest BCUT2D eigenvalue weighted by Gasteiger charge is 2.00. The molecule has 0 aliphatic carbocycles. The molecular weight excluding hydrogens is 164 g/mol. The zero-order chi connectivity index (χ0) is 8.59. The highest BCUT2D eigenvalue weighted by atomic mass is 32.1. The van der Waals surface area contributed by atoms with Crippen molar-refractivity contribution in [1.82, 2.24) is 9.55 Å². The van der Waals surface area contributed by atoms with Crippen LogP contribution in [0.25, 0.3) is 0 Å². The molecule has 0 saturated carbocycles. The Hall–Kier alpha value is -1.30. The summed E-state index contributed by atoms with van der Waals surface area (Å²) in [6, 6.07) is 0. The molecule has 5 nitrogen and oxygen atoms in total. The molecule has 1 heterocycles. The molecule has 1 aromatic heterocycles. The van der Waals surface area contributed by atoms with Crippen LogP contribution in [0.1, 0.15) is 0 Å². The number of aromatic nitrogens is 2. The summed E-state index contributed by atoms with van der Waals surface area (Å²) in [5.41, 5.74) is 10.6. The molecular formula is C5H8N4OS. The van der Waals surface area contributed by atoms with Crippen molar-refractivity contribution < 1.29 is 0 Å². The third-order valence-electron chi connectivity index (χ3n) is 1.37. The van der Waals surface area contributed by atoms with Gasteiger partial charge in [0.05, 0.1) is 0 Å². The maximum absolute atomic E-state index is 10.9. The number of hydrogen-bond donors (Lipinski definition) is 3. The maximum atomic E-state index is 10.9. The maximum Gasteiger partial charge on any atom is 0.327 e. The first kappa shape index (κ1) is 7.80. The second-order valence-corrected chi connectivity index (χ2v) is 2.51. The van der Waals surface area contributed by atoms with E-state index in [2.05, 4.69) is 4.98 Å². The van der Waals surface area contributed by atoms with Crippen molar-refractivity contribution in [2.24, 2.45) is 7.05 Å². The molecule has 0 atom stereocenters. The largest absolute Gasteiger partial charge is 0.393 e. The molecule has 0 fully saturated rings. The quantitative estimate of drug-likeness (QED) is 0.465. The van der Waals surface area contributed by atoms with Gasteiger partial charge in [-0.2, -0.15) is 0 Å². The molecule has 5 N–H and O–H groups in total. The van der Waals surface area contributed by atoms with Crippen LogP contribution < -0.4 is 17.2 Å². The van der Waals surface area contributed by atoms with Crippen LogP contribution in [0.5, 0.6) is 0 Å². The molecule has 0 radical (unpaired) electrons. The van der Waals surface area contributed by atoms with Gasteiger partial charge in [-0.05, 0) is 0 Å². The average Bonchev–Trinajstić information content (AvgIpc) is 1.97. The van der Waals surface area contributed by atoms with Gasteiger partial charge in [-0.1, -0.05) is 12.2 Å². The van der Waals surface area contributed by atoms with E-state index in [1.54, 1.807) is 0 Å². The summed E-state index contributed by atoms with van der Waals surface area (Å²) in [4.78, 5) is 13.3. The third kappa shape index (κ3) is 1.12. The predicted octanol–water partition coefficient (Wildman–Crippen LogP) is -0.393. The van der Waals surface area contributed by atoms with E-state index in [0.717, 1.165) is 0 Å². The number of rotatable bonds is 0. The molecule has 60 valence electrons. The van der Waals surface area contributed by atoms with Crippen molar-refractivity contribution >= 4 is 23.7 Å². The van der Waals surface area contributed by atoms with Gasteiger partial charge in [0.25, 0.3) is 0 Å². The number of nitrogen functional groups attached to an aromatic ring is 2. The standard InChI is InChI=1S/C5H8N4OS/c1-9-4(11)2(6)3(7)8-5(9)10/h6-7H2,1H3,(H,8,10). The fourth-order valence-electron chi connectivity index (χ4n) is 0.655. The van der Waals surface area contributed by atoms with Gasteiger partial charge in [0.1, 0.15) is 16.1 Å². The Morgan fingerprint density at radius 2 is 2.09 bits per heavy atom. The summed E-state index contributed by atoms with van der Waals surface area (Å²) in [5, 5.41) is 0. The van der Waals surface area contributed by atoms with E-state index in [9.17, 15) is 4.79 Å².